The third-order valence-electron chi connectivity index (χ3n) is 4.12. The predicted octanol–water partition coefficient (Wildman–Crippen LogP) is 2.15. The van der Waals surface area contributed by atoms with Crippen molar-refractivity contribution in [1.29, 1.82) is 0 Å². The van der Waals surface area contributed by atoms with Crippen LogP contribution in [0.3, 0.4) is 0 Å². The summed E-state index contributed by atoms with van der Waals surface area (Å²) in [7, 11) is -3.20. The Morgan fingerprint density at radius 3 is 2.76 bits per heavy atom. The molecule has 1 aromatic carbocycles. The van der Waals surface area contributed by atoms with Crippen LogP contribution in [0.5, 0.6) is 0 Å². The quantitative estimate of drug-likeness (QED) is 0.798. The third kappa shape index (κ3) is 4.97. The minimum atomic E-state index is -3.20. The van der Waals surface area contributed by atoms with E-state index in [1.807, 2.05) is 31.2 Å². The molecule has 1 atom stereocenters. The highest BCUT2D eigenvalue weighted by molar-refractivity contribution is 7.88. The zero-order chi connectivity index (χ0) is 18.0. The summed E-state index contributed by atoms with van der Waals surface area (Å²) in [6.07, 6.45) is 2.94. The number of sulfonamides is 1. The molecule has 7 nitrogen and oxygen atoms in total. The van der Waals surface area contributed by atoms with Gasteiger partial charge in [0, 0.05) is 24.7 Å². The number of aryl methyl sites for hydroxylation is 1. The fourth-order valence-electron chi connectivity index (χ4n) is 2.98. The molecule has 2 aromatic rings. The van der Waals surface area contributed by atoms with E-state index in [1.54, 1.807) is 4.68 Å². The predicted molar refractivity (Wildman–Crippen MR) is 98.1 cm³/mol. The number of hydrogen-bond acceptors (Lipinski definition) is 6. The van der Waals surface area contributed by atoms with Crippen LogP contribution in [-0.2, 0) is 16.7 Å². The number of hydrogen-bond donors (Lipinski definition) is 1. The lowest BCUT2D eigenvalue weighted by Crippen LogP contribution is -2.47. The van der Waals surface area contributed by atoms with Crippen LogP contribution in [0.2, 0.25) is 0 Å². The zero-order valence-corrected chi connectivity index (χ0v) is 15.9. The first-order valence-electron chi connectivity index (χ1n) is 8.15. The molecule has 136 valence electrons. The molecule has 0 spiro atoms. The summed E-state index contributed by atoms with van der Waals surface area (Å²) in [6, 6.07) is 7.82. The van der Waals surface area contributed by atoms with Gasteiger partial charge in [0.1, 0.15) is 0 Å². The van der Waals surface area contributed by atoms with Gasteiger partial charge in [-0.3, -0.25) is 4.90 Å². The molecule has 0 aliphatic carbocycles. The standard InChI is InChI=1S/C16H22N4O3S2/c1-12-5-7-13(8-6-12)15-17-20(16(24)23-15)11-19-9-3-4-14(10-19)18-25(2,21)22/h5-8,14,18H,3-4,9-11H2,1-2H3/t14-/m1/s1. The van der Waals surface area contributed by atoms with Crippen LogP contribution < -0.4 is 4.72 Å². The number of aromatic nitrogens is 2. The molecule has 0 saturated carbocycles. The highest BCUT2D eigenvalue weighted by Gasteiger charge is 2.23. The first-order chi connectivity index (χ1) is 11.8. The van der Waals surface area contributed by atoms with Crippen LogP contribution in [0.4, 0.5) is 0 Å². The highest BCUT2D eigenvalue weighted by Crippen LogP contribution is 2.19. The van der Waals surface area contributed by atoms with E-state index in [4.69, 9.17) is 16.6 Å². The number of nitrogens with one attached hydrogen (secondary N) is 1. The Morgan fingerprint density at radius 1 is 1.36 bits per heavy atom. The monoisotopic (exact) mass is 382 g/mol. The van der Waals surface area contributed by atoms with Crippen LogP contribution >= 0.6 is 12.2 Å². The van der Waals surface area contributed by atoms with Crippen molar-refractivity contribution in [1.82, 2.24) is 19.4 Å². The van der Waals surface area contributed by atoms with Crippen LogP contribution in [0, 0.1) is 11.8 Å². The van der Waals surface area contributed by atoms with Crippen LogP contribution in [0.1, 0.15) is 18.4 Å². The number of benzene rings is 1. The van der Waals surface area contributed by atoms with E-state index in [1.165, 1.54) is 11.8 Å². The van der Waals surface area contributed by atoms with Gasteiger partial charge in [-0.05, 0) is 44.1 Å². The highest BCUT2D eigenvalue weighted by atomic mass is 32.2. The summed E-state index contributed by atoms with van der Waals surface area (Å²) in [6.45, 7) is 4.00. The van der Waals surface area contributed by atoms with Gasteiger partial charge in [0.25, 0.3) is 4.84 Å². The maximum Gasteiger partial charge on any atom is 0.288 e. The number of piperidine rings is 1. The lowest BCUT2D eigenvalue weighted by atomic mass is 10.1. The summed E-state index contributed by atoms with van der Waals surface area (Å²) in [5.41, 5.74) is 2.05. The zero-order valence-electron chi connectivity index (χ0n) is 14.3. The lowest BCUT2D eigenvalue weighted by Gasteiger charge is -2.32. The van der Waals surface area contributed by atoms with Gasteiger partial charge in [0.05, 0.1) is 12.9 Å². The summed E-state index contributed by atoms with van der Waals surface area (Å²) in [4.78, 5) is 2.44. The Bertz CT molecular complexity index is 887. The van der Waals surface area contributed by atoms with Gasteiger partial charge in [0.15, 0.2) is 0 Å². The Hall–Kier alpha value is -1.55. The molecule has 1 aliphatic rings. The summed E-state index contributed by atoms with van der Waals surface area (Å²) >= 11 is 5.28. The fraction of sp³-hybridized carbons (Fsp3) is 0.500. The summed E-state index contributed by atoms with van der Waals surface area (Å²) < 4.78 is 32.8. The van der Waals surface area contributed by atoms with Crippen molar-refractivity contribution in [3.63, 3.8) is 0 Å². The van der Waals surface area contributed by atoms with Crippen LogP contribution in [0.25, 0.3) is 11.5 Å². The Morgan fingerprint density at radius 2 is 2.08 bits per heavy atom. The first kappa shape index (κ1) is 18.2. The fourth-order valence-corrected chi connectivity index (χ4v) is 3.96. The normalized spacial score (nSPS) is 19.2. The second-order valence-electron chi connectivity index (χ2n) is 6.49. The maximum absolute atomic E-state index is 11.4. The van der Waals surface area contributed by atoms with E-state index in [0.717, 1.165) is 24.9 Å². The number of rotatable bonds is 5. The van der Waals surface area contributed by atoms with E-state index in [-0.39, 0.29) is 6.04 Å². The molecule has 1 fully saturated rings. The molecule has 3 rings (SSSR count). The SMILES string of the molecule is Cc1ccc(-c2nn(CN3CCC[C@@H](NS(C)(=O)=O)C3)c(=S)o2)cc1. The molecule has 0 amide bonds. The molecule has 1 aliphatic heterocycles. The van der Waals surface area contributed by atoms with Crippen molar-refractivity contribution in [3.8, 4) is 11.5 Å². The topological polar surface area (TPSA) is 80.4 Å². The molecule has 1 N–H and O–H groups in total. The molecule has 0 radical (unpaired) electrons. The number of nitrogens with zero attached hydrogens (tertiary/aromatic N) is 3. The van der Waals surface area contributed by atoms with Gasteiger partial charge in [-0.2, -0.15) is 0 Å². The van der Waals surface area contributed by atoms with Gasteiger partial charge in [-0.25, -0.2) is 17.8 Å². The summed E-state index contributed by atoms with van der Waals surface area (Å²) in [5, 5.41) is 4.47. The van der Waals surface area contributed by atoms with E-state index in [9.17, 15) is 8.42 Å². The second kappa shape index (κ2) is 7.36. The van der Waals surface area contributed by atoms with Crippen LogP contribution in [0.15, 0.2) is 28.7 Å². The first-order valence-corrected chi connectivity index (χ1v) is 10.4. The lowest BCUT2D eigenvalue weighted by molar-refractivity contribution is 0.151. The van der Waals surface area contributed by atoms with Crippen molar-refractivity contribution in [2.45, 2.75) is 32.5 Å². The average Bonchev–Trinajstić information content (AvgIpc) is 2.87. The molecule has 25 heavy (non-hydrogen) atoms. The molecular weight excluding hydrogens is 360 g/mol. The summed E-state index contributed by atoms with van der Waals surface area (Å²) in [5.74, 6) is 0.493. The van der Waals surface area contributed by atoms with Crippen molar-refractivity contribution in [2.75, 3.05) is 19.3 Å². The smallest absolute Gasteiger partial charge is 0.288 e. The van der Waals surface area contributed by atoms with Gasteiger partial charge in [0.2, 0.25) is 15.9 Å². The molecule has 0 unspecified atom stereocenters. The van der Waals surface area contributed by atoms with Crippen molar-refractivity contribution < 1.29 is 12.8 Å². The third-order valence-corrected chi connectivity index (χ3v) is 5.18. The van der Waals surface area contributed by atoms with Crippen molar-refractivity contribution in [2.24, 2.45) is 0 Å². The van der Waals surface area contributed by atoms with Gasteiger partial charge in [-0.1, -0.05) is 17.7 Å². The van der Waals surface area contributed by atoms with Crippen LogP contribution in [-0.4, -0.2) is 48.5 Å². The van der Waals surface area contributed by atoms with E-state index in [0.29, 0.717) is 23.9 Å². The minimum absolute atomic E-state index is 0.0820. The van der Waals surface area contributed by atoms with Gasteiger partial charge in [-0.15, -0.1) is 5.10 Å². The van der Waals surface area contributed by atoms with Crippen molar-refractivity contribution >= 4 is 22.2 Å². The van der Waals surface area contributed by atoms with E-state index in [2.05, 4.69) is 14.7 Å². The Labute approximate surface area is 152 Å². The molecular formula is C16H22N4O3S2. The van der Waals surface area contributed by atoms with E-state index >= 15 is 0 Å². The molecule has 1 saturated heterocycles. The average molecular weight is 383 g/mol. The maximum atomic E-state index is 11.4. The van der Waals surface area contributed by atoms with Gasteiger partial charge < -0.3 is 4.42 Å². The molecule has 9 heteroatoms. The molecule has 2 heterocycles. The Kier molecular flexibility index (Phi) is 5.38. The minimum Gasteiger partial charge on any atom is -0.409 e. The van der Waals surface area contributed by atoms with Crippen molar-refractivity contribution in [3.05, 3.63) is 34.7 Å². The second-order valence-corrected chi connectivity index (χ2v) is 8.62. The van der Waals surface area contributed by atoms with Gasteiger partial charge >= 0.3 is 0 Å². The van der Waals surface area contributed by atoms with E-state index < -0.39 is 10.0 Å². The number of likely N-dealkylation sites (tertiary alicyclic amines) is 1. The Balaban J connectivity index is 1.70. The largest absolute Gasteiger partial charge is 0.409 e. The molecule has 1 aromatic heterocycles. The molecule has 0 bridgehead atoms.